The highest BCUT2D eigenvalue weighted by Gasteiger charge is 2.14. The number of furan rings is 1. The zero-order valence-corrected chi connectivity index (χ0v) is 13.4. The van der Waals surface area contributed by atoms with Crippen LogP contribution in [0.4, 0.5) is 4.39 Å². The lowest BCUT2D eigenvalue weighted by Crippen LogP contribution is -2.17. The monoisotopic (exact) mass is 337 g/mol. The van der Waals surface area contributed by atoms with Crippen molar-refractivity contribution in [2.24, 2.45) is 5.73 Å². The van der Waals surface area contributed by atoms with Crippen LogP contribution in [0.2, 0.25) is 0 Å². The molecule has 130 valence electrons. The summed E-state index contributed by atoms with van der Waals surface area (Å²) in [6, 6.07) is 5.13. The Morgan fingerprint density at radius 3 is 2.33 bits per heavy atom. The quantitative estimate of drug-likeness (QED) is 0.722. The van der Waals surface area contributed by atoms with Crippen molar-refractivity contribution in [1.82, 2.24) is 0 Å². The second kappa shape index (κ2) is 8.83. The van der Waals surface area contributed by atoms with Crippen molar-refractivity contribution < 1.29 is 28.6 Å². The van der Waals surface area contributed by atoms with Gasteiger partial charge >= 0.3 is 11.9 Å². The number of aliphatic carboxylic acids is 2. The molecule has 7 heteroatoms. The van der Waals surface area contributed by atoms with Gasteiger partial charge in [0.05, 0.1) is 6.26 Å². The fourth-order valence-electron chi connectivity index (χ4n) is 2.20. The van der Waals surface area contributed by atoms with Gasteiger partial charge in [0.2, 0.25) is 0 Å². The number of carboxylic acid groups (broad SMARTS) is 2. The number of nitrogens with two attached hydrogens (primary N) is 1. The molecule has 0 bridgehead atoms. The molecule has 0 fully saturated rings. The first kappa shape index (κ1) is 19.4. The molecule has 0 aliphatic rings. The molecule has 24 heavy (non-hydrogen) atoms. The van der Waals surface area contributed by atoms with E-state index in [4.69, 9.17) is 20.4 Å². The minimum Gasteiger partial charge on any atom is -0.478 e. The Kier molecular flexibility index (Phi) is 7.13. The molecular formula is C17H20FNO5. The van der Waals surface area contributed by atoms with Crippen LogP contribution < -0.4 is 5.73 Å². The van der Waals surface area contributed by atoms with Crippen LogP contribution >= 0.6 is 0 Å². The minimum absolute atomic E-state index is 0.0710. The number of hydrogen-bond donors (Lipinski definition) is 3. The van der Waals surface area contributed by atoms with Crippen molar-refractivity contribution in [3.05, 3.63) is 48.0 Å². The highest BCUT2D eigenvalue weighted by Crippen LogP contribution is 2.28. The van der Waals surface area contributed by atoms with Crippen molar-refractivity contribution in [2.75, 3.05) is 0 Å². The Balaban J connectivity index is 0.000000307. The van der Waals surface area contributed by atoms with Crippen molar-refractivity contribution >= 4 is 22.9 Å². The van der Waals surface area contributed by atoms with E-state index in [1.807, 2.05) is 13.8 Å². The molecule has 1 aromatic heterocycles. The summed E-state index contributed by atoms with van der Waals surface area (Å²) in [5.41, 5.74) is 7.14. The first-order valence-electron chi connectivity index (χ1n) is 7.26. The fraction of sp³-hybridized carbons (Fsp3) is 0.294. The molecule has 0 spiro atoms. The second-order valence-corrected chi connectivity index (χ2v) is 5.46. The number of rotatable bonds is 5. The molecule has 2 unspecified atom stereocenters. The lowest BCUT2D eigenvalue weighted by Gasteiger charge is -2.15. The van der Waals surface area contributed by atoms with Gasteiger partial charge in [-0.15, -0.1) is 0 Å². The van der Waals surface area contributed by atoms with Crippen LogP contribution in [0.25, 0.3) is 11.0 Å². The van der Waals surface area contributed by atoms with Gasteiger partial charge < -0.3 is 20.4 Å². The van der Waals surface area contributed by atoms with Crippen LogP contribution in [-0.4, -0.2) is 28.2 Å². The topological polar surface area (TPSA) is 114 Å². The zero-order valence-electron chi connectivity index (χ0n) is 13.4. The number of carboxylic acids is 2. The standard InChI is InChI=1S/C13H16FNO.C4H4O4/c1-8(5-9(2)15)11-7-13-10(3-4-16-13)6-12(11)14;5-3(6)1-2-4(7)8/h3-4,6-9H,5,15H2,1-2H3;1-2H,(H,5,6)(H,7,8). The van der Waals surface area contributed by atoms with Gasteiger partial charge in [-0.2, -0.15) is 0 Å². The van der Waals surface area contributed by atoms with Crippen LogP contribution in [-0.2, 0) is 9.59 Å². The highest BCUT2D eigenvalue weighted by molar-refractivity contribution is 5.89. The van der Waals surface area contributed by atoms with E-state index in [2.05, 4.69) is 0 Å². The van der Waals surface area contributed by atoms with Crippen molar-refractivity contribution in [2.45, 2.75) is 32.2 Å². The third kappa shape index (κ3) is 6.21. The number of fused-ring (bicyclic) bond motifs is 1. The molecule has 0 radical (unpaired) electrons. The van der Waals surface area contributed by atoms with Crippen LogP contribution in [0.15, 0.2) is 41.0 Å². The average molecular weight is 337 g/mol. The van der Waals surface area contributed by atoms with E-state index < -0.39 is 11.9 Å². The number of hydrogen-bond acceptors (Lipinski definition) is 4. The van der Waals surface area contributed by atoms with E-state index in [1.165, 1.54) is 6.07 Å². The summed E-state index contributed by atoms with van der Waals surface area (Å²) in [7, 11) is 0. The molecule has 0 amide bonds. The molecule has 2 rings (SSSR count). The van der Waals surface area contributed by atoms with Gasteiger partial charge in [-0.1, -0.05) is 6.92 Å². The van der Waals surface area contributed by atoms with Gasteiger partial charge in [0, 0.05) is 23.6 Å². The van der Waals surface area contributed by atoms with Gasteiger partial charge in [0.1, 0.15) is 11.4 Å². The summed E-state index contributed by atoms with van der Waals surface area (Å²) in [5, 5.41) is 16.4. The number of benzene rings is 1. The van der Waals surface area contributed by atoms with Gasteiger partial charge in [-0.25, -0.2) is 14.0 Å². The summed E-state index contributed by atoms with van der Waals surface area (Å²) in [5.74, 6) is -2.59. The highest BCUT2D eigenvalue weighted by atomic mass is 19.1. The molecule has 2 aromatic rings. The molecule has 6 nitrogen and oxygen atoms in total. The van der Waals surface area contributed by atoms with Gasteiger partial charge in [0.25, 0.3) is 0 Å². The number of halogens is 1. The maximum Gasteiger partial charge on any atom is 0.328 e. The lowest BCUT2D eigenvalue weighted by molar-refractivity contribution is -0.134. The fourth-order valence-corrected chi connectivity index (χ4v) is 2.20. The Morgan fingerprint density at radius 1 is 1.25 bits per heavy atom. The zero-order chi connectivity index (χ0) is 18.3. The lowest BCUT2D eigenvalue weighted by atomic mass is 9.94. The molecule has 0 saturated carbocycles. The van der Waals surface area contributed by atoms with Gasteiger partial charge in [-0.3, -0.25) is 0 Å². The first-order valence-corrected chi connectivity index (χ1v) is 7.26. The maximum atomic E-state index is 13.8. The molecular weight excluding hydrogens is 317 g/mol. The Labute approximate surface area is 138 Å². The summed E-state index contributed by atoms with van der Waals surface area (Å²) >= 11 is 0. The predicted octanol–water partition coefficient (Wildman–Crippen LogP) is 3.12. The molecule has 0 aliphatic carbocycles. The summed E-state index contributed by atoms with van der Waals surface area (Å²) in [6.45, 7) is 3.91. The van der Waals surface area contributed by atoms with E-state index in [9.17, 15) is 14.0 Å². The minimum atomic E-state index is -1.26. The molecule has 1 heterocycles. The van der Waals surface area contributed by atoms with Crippen LogP contribution in [0.3, 0.4) is 0 Å². The largest absolute Gasteiger partial charge is 0.478 e. The van der Waals surface area contributed by atoms with Crippen LogP contribution in [0, 0.1) is 5.82 Å². The van der Waals surface area contributed by atoms with E-state index in [1.54, 1.807) is 18.4 Å². The van der Waals surface area contributed by atoms with E-state index in [0.29, 0.717) is 17.7 Å². The van der Waals surface area contributed by atoms with E-state index in [-0.39, 0.29) is 17.8 Å². The summed E-state index contributed by atoms with van der Waals surface area (Å²) < 4.78 is 19.1. The third-order valence-electron chi connectivity index (χ3n) is 3.20. The molecule has 2 atom stereocenters. The Hall–Kier alpha value is -2.67. The van der Waals surface area contributed by atoms with Crippen LogP contribution in [0.1, 0.15) is 31.7 Å². The molecule has 0 saturated heterocycles. The summed E-state index contributed by atoms with van der Waals surface area (Å²) in [6.07, 6.45) is 3.46. The van der Waals surface area contributed by atoms with Crippen LogP contribution in [0.5, 0.6) is 0 Å². The Bertz CT molecular complexity index is 720. The normalized spacial score (nSPS) is 13.3. The number of carbonyl (C=O) groups is 2. The maximum absolute atomic E-state index is 13.8. The smallest absolute Gasteiger partial charge is 0.328 e. The molecule has 1 aromatic carbocycles. The third-order valence-corrected chi connectivity index (χ3v) is 3.20. The van der Waals surface area contributed by atoms with E-state index >= 15 is 0 Å². The predicted molar refractivity (Wildman–Crippen MR) is 87.3 cm³/mol. The average Bonchev–Trinajstić information content (AvgIpc) is 2.91. The first-order chi connectivity index (χ1) is 11.2. The SMILES string of the molecule is CC(N)CC(C)c1cc2occc2cc1F.O=C(O)C=CC(=O)O. The van der Waals surface area contributed by atoms with Gasteiger partial charge in [0.15, 0.2) is 0 Å². The second-order valence-electron chi connectivity index (χ2n) is 5.46. The van der Waals surface area contributed by atoms with Crippen molar-refractivity contribution in [1.29, 1.82) is 0 Å². The molecule has 0 aliphatic heterocycles. The van der Waals surface area contributed by atoms with Gasteiger partial charge in [-0.05, 0) is 43.0 Å². The summed E-state index contributed by atoms with van der Waals surface area (Å²) in [4.78, 5) is 19.1. The Morgan fingerprint density at radius 2 is 1.83 bits per heavy atom. The van der Waals surface area contributed by atoms with Crippen molar-refractivity contribution in [3.8, 4) is 0 Å². The molecule has 4 N–H and O–H groups in total. The van der Waals surface area contributed by atoms with E-state index in [0.717, 1.165) is 17.4 Å². The van der Waals surface area contributed by atoms with Crippen molar-refractivity contribution in [3.63, 3.8) is 0 Å².